The molecule has 0 saturated carbocycles. The number of nitro groups is 1. The van der Waals surface area contributed by atoms with Crippen LogP contribution in [0.5, 0.6) is 5.75 Å². The topological polar surface area (TPSA) is 61.6 Å². The predicted molar refractivity (Wildman–Crippen MR) is 68.0 cm³/mol. The maximum Gasteiger partial charge on any atom is 0.269 e. The first-order valence-electron chi connectivity index (χ1n) is 5.21. The van der Waals surface area contributed by atoms with Gasteiger partial charge < -0.3 is 9.47 Å². The van der Waals surface area contributed by atoms with E-state index < -0.39 is 4.92 Å². The Bertz CT molecular complexity index is 384. The van der Waals surface area contributed by atoms with Gasteiger partial charge in [0.25, 0.3) is 5.69 Å². The highest BCUT2D eigenvalue weighted by Gasteiger charge is 2.08. The van der Waals surface area contributed by atoms with Crippen LogP contribution in [0.1, 0.15) is 5.56 Å². The van der Waals surface area contributed by atoms with E-state index in [1.807, 2.05) is 0 Å². The Morgan fingerprint density at radius 3 is 2.71 bits per heavy atom. The van der Waals surface area contributed by atoms with Gasteiger partial charge in [-0.1, -0.05) is 0 Å². The lowest BCUT2D eigenvalue weighted by atomic mass is 10.2. The summed E-state index contributed by atoms with van der Waals surface area (Å²) in [6, 6.07) is 4.52. The summed E-state index contributed by atoms with van der Waals surface area (Å²) < 4.78 is 10.6. The van der Waals surface area contributed by atoms with Gasteiger partial charge in [-0.05, 0) is 18.6 Å². The number of ether oxygens (including phenoxy) is 2. The number of nitrogens with zero attached hydrogens (tertiary/aromatic N) is 1. The van der Waals surface area contributed by atoms with Crippen LogP contribution < -0.4 is 4.74 Å². The summed E-state index contributed by atoms with van der Waals surface area (Å²) in [4.78, 5) is 10.1. The van der Waals surface area contributed by atoms with E-state index >= 15 is 0 Å². The first-order chi connectivity index (χ1) is 8.15. The third-order valence-corrected chi connectivity index (χ3v) is 2.27. The first-order valence-corrected chi connectivity index (χ1v) is 5.85. The van der Waals surface area contributed by atoms with Gasteiger partial charge in [0, 0.05) is 17.9 Å². The molecule has 0 N–H and O–H groups in total. The second-order valence-corrected chi connectivity index (χ2v) is 3.84. The van der Waals surface area contributed by atoms with Gasteiger partial charge in [-0.25, -0.2) is 0 Å². The van der Waals surface area contributed by atoms with E-state index in [0.29, 0.717) is 31.3 Å². The highest BCUT2D eigenvalue weighted by Crippen LogP contribution is 2.22. The van der Waals surface area contributed by atoms with Crippen molar-refractivity contribution in [1.82, 2.24) is 0 Å². The monoisotopic (exact) mass is 257 g/mol. The van der Waals surface area contributed by atoms with Crippen molar-refractivity contribution in [2.24, 2.45) is 0 Å². The Morgan fingerprint density at radius 1 is 1.35 bits per heavy atom. The molecule has 0 unspecified atom stereocenters. The number of non-ortho nitro benzene ring substituents is 1. The SMILES string of the molecule is Cc1cc([N+](=O)[O-])ccc1OCCOCCS. The van der Waals surface area contributed by atoms with Crippen LogP contribution in [-0.4, -0.2) is 30.5 Å². The summed E-state index contributed by atoms with van der Waals surface area (Å²) in [5, 5.41) is 10.5. The molecule has 0 amide bonds. The average Bonchev–Trinajstić information content (AvgIpc) is 2.30. The number of nitro benzene ring substituents is 1. The van der Waals surface area contributed by atoms with E-state index in [1.54, 1.807) is 13.0 Å². The fourth-order valence-electron chi connectivity index (χ4n) is 1.29. The summed E-state index contributed by atoms with van der Waals surface area (Å²) >= 11 is 4.01. The molecule has 6 heteroatoms. The van der Waals surface area contributed by atoms with Crippen molar-refractivity contribution in [3.8, 4) is 5.75 Å². The number of benzene rings is 1. The van der Waals surface area contributed by atoms with Crippen LogP contribution in [0.25, 0.3) is 0 Å². The Morgan fingerprint density at radius 2 is 2.12 bits per heavy atom. The molecule has 1 rings (SSSR count). The lowest BCUT2D eigenvalue weighted by Gasteiger charge is -2.08. The van der Waals surface area contributed by atoms with Crippen molar-refractivity contribution in [2.75, 3.05) is 25.6 Å². The van der Waals surface area contributed by atoms with E-state index in [9.17, 15) is 10.1 Å². The molecule has 0 bridgehead atoms. The van der Waals surface area contributed by atoms with Crippen molar-refractivity contribution in [2.45, 2.75) is 6.92 Å². The van der Waals surface area contributed by atoms with E-state index in [0.717, 1.165) is 5.56 Å². The largest absolute Gasteiger partial charge is 0.491 e. The highest BCUT2D eigenvalue weighted by molar-refractivity contribution is 7.80. The molecular weight excluding hydrogens is 242 g/mol. The molecule has 0 fully saturated rings. The molecular formula is C11H15NO4S. The maximum atomic E-state index is 10.5. The van der Waals surface area contributed by atoms with Gasteiger partial charge in [0.2, 0.25) is 0 Å². The van der Waals surface area contributed by atoms with Gasteiger partial charge in [0.1, 0.15) is 12.4 Å². The zero-order valence-electron chi connectivity index (χ0n) is 9.59. The smallest absolute Gasteiger partial charge is 0.269 e. The summed E-state index contributed by atoms with van der Waals surface area (Å²) in [5.41, 5.74) is 0.814. The Kier molecular flexibility index (Phi) is 5.79. The summed E-state index contributed by atoms with van der Waals surface area (Å²) in [7, 11) is 0. The zero-order valence-corrected chi connectivity index (χ0v) is 10.5. The van der Waals surface area contributed by atoms with E-state index in [4.69, 9.17) is 9.47 Å². The van der Waals surface area contributed by atoms with Crippen LogP contribution in [0, 0.1) is 17.0 Å². The summed E-state index contributed by atoms with van der Waals surface area (Å²) in [5.74, 6) is 1.32. The molecule has 5 nitrogen and oxygen atoms in total. The zero-order chi connectivity index (χ0) is 12.7. The molecule has 0 radical (unpaired) electrons. The van der Waals surface area contributed by atoms with Crippen molar-refractivity contribution in [3.63, 3.8) is 0 Å². The third-order valence-electron chi connectivity index (χ3n) is 2.09. The number of hydrogen-bond acceptors (Lipinski definition) is 5. The number of rotatable bonds is 7. The number of aryl methyl sites for hydroxylation is 1. The highest BCUT2D eigenvalue weighted by atomic mass is 32.1. The third kappa shape index (κ3) is 4.62. The standard InChI is InChI=1S/C11H15NO4S/c1-9-8-10(12(13)14)2-3-11(9)16-5-4-15-6-7-17/h2-3,8,17H,4-7H2,1H3. The summed E-state index contributed by atoms with van der Waals surface area (Å²) in [6.07, 6.45) is 0. The molecule has 0 aromatic heterocycles. The molecule has 0 heterocycles. The quantitative estimate of drug-likeness (QED) is 0.352. The normalized spacial score (nSPS) is 10.2. The van der Waals surface area contributed by atoms with Gasteiger partial charge in [0.15, 0.2) is 0 Å². The Balaban J connectivity index is 2.46. The minimum absolute atomic E-state index is 0.0705. The second kappa shape index (κ2) is 7.13. The number of thiol groups is 1. The van der Waals surface area contributed by atoms with Crippen LogP contribution in [0.3, 0.4) is 0 Å². The van der Waals surface area contributed by atoms with Gasteiger partial charge in [-0.2, -0.15) is 12.6 Å². The van der Waals surface area contributed by atoms with Gasteiger partial charge in [-0.3, -0.25) is 10.1 Å². The minimum atomic E-state index is -0.424. The molecule has 17 heavy (non-hydrogen) atoms. The Hall–Kier alpha value is -1.27. The van der Waals surface area contributed by atoms with Gasteiger partial charge >= 0.3 is 0 Å². The second-order valence-electron chi connectivity index (χ2n) is 3.39. The van der Waals surface area contributed by atoms with Crippen molar-refractivity contribution >= 4 is 18.3 Å². The van der Waals surface area contributed by atoms with Crippen LogP contribution in [0.15, 0.2) is 18.2 Å². The van der Waals surface area contributed by atoms with E-state index in [-0.39, 0.29) is 5.69 Å². The van der Waals surface area contributed by atoms with E-state index in [1.165, 1.54) is 12.1 Å². The van der Waals surface area contributed by atoms with Gasteiger partial charge in [0.05, 0.1) is 18.1 Å². The fraction of sp³-hybridized carbons (Fsp3) is 0.455. The molecule has 0 atom stereocenters. The van der Waals surface area contributed by atoms with Crippen LogP contribution in [0.4, 0.5) is 5.69 Å². The van der Waals surface area contributed by atoms with Crippen molar-refractivity contribution in [1.29, 1.82) is 0 Å². The molecule has 0 aliphatic heterocycles. The molecule has 0 aliphatic carbocycles. The lowest BCUT2D eigenvalue weighted by molar-refractivity contribution is -0.384. The van der Waals surface area contributed by atoms with Crippen LogP contribution in [-0.2, 0) is 4.74 Å². The average molecular weight is 257 g/mol. The first kappa shape index (κ1) is 13.8. The Labute approximate surface area is 105 Å². The predicted octanol–water partition coefficient (Wildman–Crippen LogP) is 2.23. The van der Waals surface area contributed by atoms with Crippen molar-refractivity contribution < 1.29 is 14.4 Å². The van der Waals surface area contributed by atoms with Crippen molar-refractivity contribution in [3.05, 3.63) is 33.9 Å². The van der Waals surface area contributed by atoms with Crippen LogP contribution >= 0.6 is 12.6 Å². The van der Waals surface area contributed by atoms with Gasteiger partial charge in [-0.15, -0.1) is 0 Å². The molecule has 1 aromatic carbocycles. The van der Waals surface area contributed by atoms with E-state index in [2.05, 4.69) is 12.6 Å². The number of hydrogen-bond donors (Lipinski definition) is 1. The van der Waals surface area contributed by atoms with Crippen LogP contribution in [0.2, 0.25) is 0 Å². The maximum absolute atomic E-state index is 10.5. The molecule has 0 spiro atoms. The fourth-order valence-corrected chi connectivity index (χ4v) is 1.42. The molecule has 1 aromatic rings. The summed E-state index contributed by atoms with van der Waals surface area (Å²) in [6.45, 7) is 3.27. The minimum Gasteiger partial charge on any atom is -0.491 e. The molecule has 0 aliphatic rings. The molecule has 94 valence electrons. The molecule has 0 saturated heterocycles. The lowest BCUT2D eigenvalue weighted by Crippen LogP contribution is -2.08.